The van der Waals surface area contributed by atoms with Crippen molar-refractivity contribution >= 4 is 17.5 Å². The summed E-state index contributed by atoms with van der Waals surface area (Å²) in [6.45, 7) is 4.35. The van der Waals surface area contributed by atoms with Gasteiger partial charge in [0.1, 0.15) is 5.69 Å². The van der Waals surface area contributed by atoms with E-state index in [-0.39, 0.29) is 5.91 Å². The third-order valence-corrected chi connectivity index (χ3v) is 2.83. The van der Waals surface area contributed by atoms with Crippen LogP contribution in [0.1, 0.15) is 17.4 Å². The minimum Gasteiger partial charge on any atom is -0.334 e. The first-order chi connectivity index (χ1) is 7.66. The highest BCUT2D eigenvalue weighted by molar-refractivity contribution is 6.30. The number of halogens is 1. The number of nitrogens with zero attached hydrogens (tertiary/aromatic N) is 2. The molecule has 0 unspecified atom stereocenters. The van der Waals surface area contributed by atoms with Crippen LogP contribution < -0.4 is 5.32 Å². The number of hydrogen-bond acceptors (Lipinski definition) is 3. The van der Waals surface area contributed by atoms with Gasteiger partial charge in [-0.15, -0.1) is 0 Å². The largest absolute Gasteiger partial charge is 0.334 e. The summed E-state index contributed by atoms with van der Waals surface area (Å²) < 4.78 is 0. The Bertz CT molecular complexity index is 379. The zero-order chi connectivity index (χ0) is 11.5. The first-order valence-electron chi connectivity index (χ1n) is 5.31. The maximum absolute atomic E-state index is 12.0. The van der Waals surface area contributed by atoms with Gasteiger partial charge in [-0.2, -0.15) is 0 Å². The Balaban J connectivity index is 2.09. The number of piperazine rings is 1. The third-order valence-electron chi connectivity index (χ3n) is 2.60. The van der Waals surface area contributed by atoms with E-state index in [0.717, 1.165) is 19.6 Å². The lowest BCUT2D eigenvalue weighted by atomic mass is 10.2. The van der Waals surface area contributed by atoms with Gasteiger partial charge < -0.3 is 10.2 Å². The van der Waals surface area contributed by atoms with E-state index in [2.05, 4.69) is 17.2 Å². The van der Waals surface area contributed by atoms with Crippen LogP contribution in [0.2, 0.25) is 5.02 Å². The quantitative estimate of drug-likeness (QED) is 0.800. The number of aromatic nitrogens is 1. The summed E-state index contributed by atoms with van der Waals surface area (Å²) in [4.78, 5) is 17.9. The molecule has 2 rings (SSSR count). The van der Waals surface area contributed by atoms with Gasteiger partial charge in [0.25, 0.3) is 5.91 Å². The number of hydrogen-bond donors (Lipinski definition) is 1. The Labute approximate surface area is 99.6 Å². The smallest absolute Gasteiger partial charge is 0.272 e. The van der Waals surface area contributed by atoms with Gasteiger partial charge in [-0.3, -0.25) is 4.79 Å². The summed E-state index contributed by atoms with van der Waals surface area (Å²) in [6, 6.07) is 3.69. The second-order valence-corrected chi connectivity index (χ2v) is 4.40. The Hall–Kier alpha value is -1.13. The molecule has 1 aromatic heterocycles. The number of nitrogens with one attached hydrogen (secondary N) is 1. The average Bonchev–Trinajstić information content (AvgIpc) is 2.29. The molecular formula is C11H14ClN3O. The van der Waals surface area contributed by atoms with Crippen molar-refractivity contribution in [1.82, 2.24) is 15.2 Å². The average molecular weight is 240 g/mol. The minimum absolute atomic E-state index is 0.0231. The maximum Gasteiger partial charge on any atom is 0.272 e. The van der Waals surface area contributed by atoms with E-state index in [9.17, 15) is 4.79 Å². The molecule has 1 N–H and O–H groups in total. The second-order valence-electron chi connectivity index (χ2n) is 3.97. The van der Waals surface area contributed by atoms with Gasteiger partial charge in [0.2, 0.25) is 0 Å². The van der Waals surface area contributed by atoms with E-state index >= 15 is 0 Å². The molecule has 0 spiro atoms. The van der Waals surface area contributed by atoms with Gasteiger partial charge in [0.05, 0.1) is 5.02 Å². The lowest BCUT2D eigenvalue weighted by Gasteiger charge is -2.31. The monoisotopic (exact) mass is 239 g/mol. The topological polar surface area (TPSA) is 45.2 Å². The Morgan fingerprint density at radius 1 is 1.62 bits per heavy atom. The van der Waals surface area contributed by atoms with E-state index in [1.165, 1.54) is 6.20 Å². The van der Waals surface area contributed by atoms with E-state index < -0.39 is 0 Å². The highest BCUT2D eigenvalue weighted by Crippen LogP contribution is 2.09. The first kappa shape index (κ1) is 11.4. The zero-order valence-electron chi connectivity index (χ0n) is 9.11. The van der Waals surface area contributed by atoms with Gasteiger partial charge in [-0.1, -0.05) is 11.6 Å². The van der Waals surface area contributed by atoms with Gasteiger partial charge in [-0.25, -0.2) is 4.98 Å². The fraction of sp³-hybridized carbons (Fsp3) is 0.455. The highest BCUT2D eigenvalue weighted by Gasteiger charge is 2.22. The van der Waals surface area contributed by atoms with Gasteiger partial charge >= 0.3 is 0 Å². The molecule has 1 aliphatic rings. The number of amides is 1. The van der Waals surface area contributed by atoms with Crippen molar-refractivity contribution < 1.29 is 4.79 Å². The van der Waals surface area contributed by atoms with Crippen molar-refractivity contribution in [2.24, 2.45) is 0 Å². The standard InChI is InChI=1S/C11H14ClN3O/c1-8-7-15(5-4-13-8)11(16)10-3-2-9(12)6-14-10/h2-3,6,8,13H,4-5,7H2,1H3/t8-/m0/s1. The molecule has 86 valence electrons. The van der Waals surface area contributed by atoms with E-state index in [1.54, 1.807) is 12.1 Å². The number of pyridine rings is 1. The number of carbonyl (C=O) groups is 1. The fourth-order valence-electron chi connectivity index (χ4n) is 1.78. The van der Waals surface area contributed by atoms with Crippen molar-refractivity contribution in [1.29, 1.82) is 0 Å². The molecule has 1 aliphatic heterocycles. The molecule has 1 saturated heterocycles. The van der Waals surface area contributed by atoms with Crippen LogP contribution in [0.25, 0.3) is 0 Å². The van der Waals surface area contributed by atoms with Crippen LogP contribution in [0.5, 0.6) is 0 Å². The number of rotatable bonds is 1. The van der Waals surface area contributed by atoms with Crippen molar-refractivity contribution in [2.75, 3.05) is 19.6 Å². The van der Waals surface area contributed by atoms with Crippen LogP contribution in [0.4, 0.5) is 0 Å². The molecule has 16 heavy (non-hydrogen) atoms. The fourth-order valence-corrected chi connectivity index (χ4v) is 1.89. The predicted octanol–water partition coefficient (Wildman–Crippen LogP) is 1.17. The summed E-state index contributed by atoms with van der Waals surface area (Å²) in [5, 5.41) is 3.84. The van der Waals surface area contributed by atoms with Crippen LogP contribution in [-0.2, 0) is 0 Å². The van der Waals surface area contributed by atoms with Crippen LogP contribution >= 0.6 is 11.6 Å². The summed E-state index contributed by atoms with van der Waals surface area (Å²) >= 11 is 5.73. The molecule has 0 aromatic carbocycles. The summed E-state index contributed by atoms with van der Waals surface area (Å²) in [5.74, 6) is -0.0231. The molecule has 5 heteroatoms. The lowest BCUT2D eigenvalue weighted by Crippen LogP contribution is -2.51. The SMILES string of the molecule is C[C@H]1CN(C(=O)c2ccc(Cl)cn2)CCN1. The van der Waals surface area contributed by atoms with Crippen LogP contribution in [0.3, 0.4) is 0 Å². The first-order valence-corrected chi connectivity index (χ1v) is 5.69. The Morgan fingerprint density at radius 3 is 3.06 bits per heavy atom. The molecule has 0 saturated carbocycles. The molecule has 1 aromatic rings. The second kappa shape index (κ2) is 4.80. The Morgan fingerprint density at radius 2 is 2.44 bits per heavy atom. The molecule has 1 amide bonds. The molecule has 0 bridgehead atoms. The van der Waals surface area contributed by atoms with Crippen LogP contribution in [0, 0.1) is 0 Å². The van der Waals surface area contributed by atoms with E-state index in [1.807, 2.05) is 4.90 Å². The zero-order valence-corrected chi connectivity index (χ0v) is 9.87. The van der Waals surface area contributed by atoms with E-state index in [4.69, 9.17) is 11.6 Å². The normalized spacial score (nSPS) is 20.9. The summed E-state index contributed by atoms with van der Waals surface area (Å²) in [7, 11) is 0. The van der Waals surface area contributed by atoms with Crippen molar-refractivity contribution in [2.45, 2.75) is 13.0 Å². The van der Waals surface area contributed by atoms with Crippen molar-refractivity contribution in [3.05, 3.63) is 29.0 Å². The maximum atomic E-state index is 12.0. The van der Waals surface area contributed by atoms with Gasteiger partial charge in [0, 0.05) is 31.9 Å². The van der Waals surface area contributed by atoms with Crippen molar-refractivity contribution in [3.63, 3.8) is 0 Å². The van der Waals surface area contributed by atoms with Crippen LogP contribution in [-0.4, -0.2) is 41.5 Å². The van der Waals surface area contributed by atoms with Crippen molar-refractivity contribution in [3.8, 4) is 0 Å². The van der Waals surface area contributed by atoms with Gasteiger partial charge in [0.15, 0.2) is 0 Å². The lowest BCUT2D eigenvalue weighted by molar-refractivity contribution is 0.0703. The van der Waals surface area contributed by atoms with Gasteiger partial charge in [-0.05, 0) is 19.1 Å². The molecular weight excluding hydrogens is 226 g/mol. The molecule has 1 atom stereocenters. The molecule has 1 fully saturated rings. The minimum atomic E-state index is -0.0231. The van der Waals surface area contributed by atoms with Crippen LogP contribution in [0.15, 0.2) is 18.3 Å². The summed E-state index contributed by atoms with van der Waals surface area (Å²) in [5.41, 5.74) is 0.457. The Kier molecular flexibility index (Phi) is 3.41. The molecule has 0 radical (unpaired) electrons. The summed E-state index contributed by atoms with van der Waals surface area (Å²) in [6.07, 6.45) is 1.50. The molecule has 4 nitrogen and oxygen atoms in total. The molecule has 2 heterocycles. The molecule has 0 aliphatic carbocycles. The predicted molar refractivity (Wildman–Crippen MR) is 62.6 cm³/mol. The third kappa shape index (κ3) is 2.51. The van der Waals surface area contributed by atoms with E-state index in [0.29, 0.717) is 16.8 Å². The number of carbonyl (C=O) groups excluding carboxylic acids is 1. The highest BCUT2D eigenvalue weighted by atomic mass is 35.5.